The highest BCUT2D eigenvalue weighted by Crippen LogP contribution is 2.19. The molecule has 1 amide bonds. The van der Waals surface area contributed by atoms with E-state index in [1.165, 1.54) is 11.8 Å². The van der Waals surface area contributed by atoms with Gasteiger partial charge in [0.2, 0.25) is 0 Å². The maximum atomic E-state index is 11.4. The lowest BCUT2D eigenvalue weighted by Crippen LogP contribution is -2.22. The Kier molecular flexibility index (Phi) is 5.42. The highest BCUT2D eigenvalue weighted by molar-refractivity contribution is 8.13. The first kappa shape index (κ1) is 12.6. The highest BCUT2D eigenvalue weighted by Gasteiger charge is 2.04. The molecule has 1 rings (SSSR count). The van der Waals surface area contributed by atoms with Crippen LogP contribution >= 0.6 is 11.8 Å². The molecule has 0 heterocycles. The number of hydrogen-bond donors (Lipinski definition) is 2. The summed E-state index contributed by atoms with van der Waals surface area (Å²) in [6, 6.07) is 9.39. The molecule has 16 heavy (non-hydrogen) atoms. The van der Waals surface area contributed by atoms with Crippen molar-refractivity contribution >= 4 is 23.0 Å². The average Bonchev–Trinajstić information content (AvgIpc) is 2.25. The van der Waals surface area contributed by atoms with Crippen molar-refractivity contribution in [2.24, 2.45) is 0 Å². The molecule has 0 fully saturated rings. The van der Waals surface area contributed by atoms with Gasteiger partial charge in [-0.2, -0.15) is 0 Å². The summed E-state index contributed by atoms with van der Waals surface area (Å²) >= 11 is 1.19. The molecular weight excluding hydrogens is 226 g/mol. The molecule has 0 aliphatic heterocycles. The van der Waals surface area contributed by atoms with Gasteiger partial charge in [0.05, 0.1) is 0 Å². The van der Waals surface area contributed by atoms with Crippen LogP contribution in [0.2, 0.25) is 0 Å². The molecule has 0 radical (unpaired) electrons. The second-order valence-corrected chi connectivity index (χ2v) is 4.25. The molecule has 4 nitrogen and oxygen atoms in total. The summed E-state index contributed by atoms with van der Waals surface area (Å²) in [6.07, 6.45) is -0.145. The van der Waals surface area contributed by atoms with E-state index in [4.69, 9.17) is 5.11 Å². The van der Waals surface area contributed by atoms with E-state index in [0.29, 0.717) is 19.4 Å². The third-order valence-electron chi connectivity index (χ3n) is 1.81. The molecule has 0 aliphatic carbocycles. The lowest BCUT2D eigenvalue weighted by molar-refractivity contribution is -0.111. The highest BCUT2D eigenvalue weighted by atomic mass is 32.2. The number of amides is 1. The second-order valence-electron chi connectivity index (χ2n) is 3.12. The minimum absolute atomic E-state index is 0. The van der Waals surface area contributed by atoms with Gasteiger partial charge in [-0.1, -0.05) is 30.0 Å². The van der Waals surface area contributed by atoms with E-state index in [-0.39, 0.29) is 6.54 Å². The number of carbonyl (C=O) groups excluding carboxylic acids is 1. The van der Waals surface area contributed by atoms with Crippen molar-refractivity contribution in [3.8, 4) is 0 Å². The van der Waals surface area contributed by atoms with Crippen LogP contribution in [-0.4, -0.2) is 22.9 Å². The van der Waals surface area contributed by atoms with Crippen LogP contribution in [0.15, 0.2) is 35.2 Å². The quantitative estimate of drug-likeness (QED) is 0.614. The van der Waals surface area contributed by atoms with Gasteiger partial charge in [-0.25, -0.2) is 4.79 Å². The number of benzene rings is 1. The summed E-state index contributed by atoms with van der Waals surface area (Å²) in [7, 11) is 0. The van der Waals surface area contributed by atoms with Crippen molar-refractivity contribution in [1.82, 2.24) is 5.32 Å². The average molecular weight is 241 g/mol. The maximum absolute atomic E-state index is 11.4. The zero-order valence-electron chi connectivity index (χ0n) is 8.68. The van der Waals surface area contributed by atoms with Gasteiger partial charge in [0, 0.05) is 19.3 Å². The van der Waals surface area contributed by atoms with Gasteiger partial charge in [-0.15, -0.1) is 0 Å². The Morgan fingerprint density at radius 3 is 2.62 bits per heavy atom. The number of hydrogen-bond acceptors (Lipinski definition) is 3. The molecule has 0 saturated carbocycles. The molecule has 0 aliphatic rings. The molecule has 88 valence electrons. The first-order valence-electron chi connectivity index (χ1n) is 4.91. The van der Waals surface area contributed by atoms with E-state index in [1.54, 1.807) is 0 Å². The monoisotopic (exact) mass is 241 g/mol. The Bertz CT molecular complexity index is 359. The Balaban J connectivity index is 0.00000256. The molecule has 5 heteroatoms. The van der Waals surface area contributed by atoms with Gasteiger partial charge in [-0.3, -0.25) is 4.79 Å². The Hall–Kier alpha value is -1.49. The Labute approximate surface area is 99.5 Å². The number of carboxylic acid groups (broad SMARTS) is 1. The van der Waals surface area contributed by atoms with Gasteiger partial charge >= 0.3 is 6.09 Å². The van der Waals surface area contributed by atoms with Gasteiger partial charge in [-0.05, 0) is 18.6 Å². The van der Waals surface area contributed by atoms with Crippen molar-refractivity contribution in [1.29, 1.82) is 0 Å². The largest absolute Gasteiger partial charge is 0.465 e. The summed E-state index contributed by atoms with van der Waals surface area (Å²) in [5.41, 5.74) is 0. The topological polar surface area (TPSA) is 66.4 Å². The van der Waals surface area contributed by atoms with Crippen molar-refractivity contribution in [3.63, 3.8) is 0 Å². The molecule has 1 aromatic carbocycles. The Morgan fingerprint density at radius 1 is 1.31 bits per heavy atom. The summed E-state index contributed by atoms with van der Waals surface area (Å²) in [5, 5.41) is 10.6. The summed E-state index contributed by atoms with van der Waals surface area (Å²) in [5.74, 6) is 0. The molecule has 1 aromatic rings. The molecular formula is C11H15NO3S. The Morgan fingerprint density at radius 2 is 2.00 bits per heavy atom. The van der Waals surface area contributed by atoms with Gasteiger partial charge in [0.25, 0.3) is 0 Å². The smallest absolute Gasteiger partial charge is 0.404 e. The lowest BCUT2D eigenvalue weighted by Gasteiger charge is -2.01. The van der Waals surface area contributed by atoms with Crippen LogP contribution in [-0.2, 0) is 4.79 Å². The van der Waals surface area contributed by atoms with Crippen molar-refractivity contribution in [2.75, 3.05) is 6.54 Å². The van der Waals surface area contributed by atoms with Crippen LogP contribution in [0, 0.1) is 0 Å². The van der Waals surface area contributed by atoms with E-state index in [0.717, 1.165) is 4.90 Å². The van der Waals surface area contributed by atoms with Crippen LogP contribution in [0.5, 0.6) is 0 Å². The molecule has 0 bridgehead atoms. The van der Waals surface area contributed by atoms with Gasteiger partial charge < -0.3 is 10.4 Å². The third kappa shape index (κ3) is 5.41. The van der Waals surface area contributed by atoms with Crippen LogP contribution in [0.3, 0.4) is 0 Å². The first-order chi connectivity index (χ1) is 7.68. The molecule has 2 N–H and O–H groups in total. The fourth-order valence-electron chi connectivity index (χ4n) is 1.10. The van der Waals surface area contributed by atoms with Crippen LogP contribution in [0.25, 0.3) is 0 Å². The van der Waals surface area contributed by atoms with Gasteiger partial charge in [0.1, 0.15) is 0 Å². The van der Waals surface area contributed by atoms with Crippen LogP contribution in [0.4, 0.5) is 4.79 Å². The van der Waals surface area contributed by atoms with Crippen molar-refractivity contribution in [2.45, 2.75) is 17.7 Å². The minimum Gasteiger partial charge on any atom is -0.465 e. The number of nitrogens with one attached hydrogen (secondary N) is 1. The first-order valence-corrected chi connectivity index (χ1v) is 5.72. The normalized spacial score (nSPS) is 9.75. The van der Waals surface area contributed by atoms with Crippen molar-refractivity contribution in [3.05, 3.63) is 30.3 Å². The zero-order chi connectivity index (χ0) is 11.8. The predicted octanol–water partition coefficient (Wildman–Crippen LogP) is 2.60. The maximum Gasteiger partial charge on any atom is 0.404 e. The fraction of sp³-hybridized carbons (Fsp3) is 0.273. The van der Waals surface area contributed by atoms with E-state index in [9.17, 15) is 9.59 Å². The summed E-state index contributed by atoms with van der Waals surface area (Å²) < 4.78 is 0. The number of thioether (sulfide) groups is 1. The van der Waals surface area contributed by atoms with Crippen LogP contribution in [0.1, 0.15) is 14.3 Å². The second kappa shape index (κ2) is 6.90. The van der Waals surface area contributed by atoms with Gasteiger partial charge in [0.15, 0.2) is 5.12 Å². The molecule has 0 saturated heterocycles. The van der Waals surface area contributed by atoms with E-state index in [2.05, 4.69) is 5.32 Å². The fourth-order valence-corrected chi connectivity index (χ4v) is 1.90. The SMILES string of the molecule is O=C(O)NCCCC(=O)Sc1ccccc1.[HH]. The molecule has 0 atom stereocenters. The third-order valence-corrected chi connectivity index (χ3v) is 2.75. The summed E-state index contributed by atoms with van der Waals surface area (Å²) in [4.78, 5) is 22.5. The predicted molar refractivity (Wildman–Crippen MR) is 64.7 cm³/mol. The van der Waals surface area contributed by atoms with E-state index in [1.807, 2.05) is 30.3 Å². The van der Waals surface area contributed by atoms with Crippen LogP contribution < -0.4 is 5.32 Å². The number of carbonyl (C=O) groups is 2. The standard InChI is InChI=1S/C11H13NO3S.H2/c13-10(7-4-8-12-11(14)15)16-9-5-2-1-3-6-9;/h1-3,5-6,12H,4,7-8H2,(H,14,15);1H. The minimum atomic E-state index is -1.05. The molecule has 0 aromatic heterocycles. The molecule has 0 spiro atoms. The lowest BCUT2D eigenvalue weighted by atomic mass is 10.3. The van der Waals surface area contributed by atoms with E-state index < -0.39 is 6.09 Å². The zero-order valence-corrected chi connectivity index (χ0v) is 9.50. The van der Waals surface area contributed by atoms with Crippen molar-refractivity contribution < 1.29 is 16.1 Å². The molecule has 0 unspecified atom stereocenters. The number of rotatable bonds is 5. The van der Waals surface area contributed by atoms with E-state index >= 15 is 0 Å². The summed E-state index contributed by atoms with van der Waals surface area (Å²) in [6.45, 7) is 0.316.